The highest BCUT2D eigenvalue weighted by Gasteiger charge is 2.32. The third-order valence-electron chi connectivity index (χ3n) is 3.67. The minimum absolute atomic E-state index is 0.305. The number of guanidine groups is 1. The van der Waals surface area contributed by atoms with Crippen molar-refractivity contribution in [3.05, 3.63) is 78.7 Å². The second kappa shape index (κ2) is 5.27. The average molecular weight is 323 g/mol. The molecule has 0 spiro atoms. The van der Waals surface area contributed by atoms with E-state index >= 15 is 0 Å². The predicted octanol–water partition coefficient (Wildman–Crippen LogP) is 1.65. The molecule has 0 atom stereocenters. The highest BCUT2D eigenvalue weighted by atomic mass is 19.1. The summed E-state index contributed by atoms with van der Waals surface area (Å²) in [7, 11) is 0. The van der Waals surface area contributed by atoms with Gasteiger partial charge in [-0.2, -0.15) is 4.99 Å². The summed E-state index contributed by atoms with van der Waals surface area (Å²) in [6.07, 6.45) is 6.81. The third kappa shape index (κ3) is 2.21. The first-order valence-corrected chi connectivity index (χ1v) is 7.21. The summed E-state index contributed by atoms with van der Waals surface area (Å²) in [6.45, 7) is 0. The number of nitrogens with zero attached hydrogens (tertiary/aromatic N) is 5. The molecule has 0 saturated carbocycles. The molecule has 0 bridgehead atoms. The average Bonchev–Trinajstić information content (AvgIpc) is 2.90. The number of rotatable bonds is 2. The van der Waals surface area contributed by atoms with Gasteiger partial charge in [0.1, 0.15) is 11.6 Å². The van der Waals surface area contributed by atoms with E-state index in [9.17, 15) is 4.39 Å². The number of aliphatic imine (C=N–C) groups is 1. The van der Waals surface area contributed by atoms with Crippen molar-refractivity contribution >= 4 is 17.3 Å². The van der Waals surface area contributed by atoms with Crippen molar-refractivity contribution in [3.63, 3.8) is 0 Å². The molecule has 4 rings (SSSR count). The van der Waals surface area contributed by atoms with Gasteiger partial charge >= 0.3 is 0 Å². The summed E-state index contributed by atoms with van der Waals surface area (Å²) < 4.78 is 13.1. The fourth-order valence-corrected chi connectivity index (χ4v) is 2.58. The summed E-state index contributed by atoms with van der Waals surface area (Å²) in [6, 6.07) is 9.72. The first kappa shape index (κ1) is 14.1. The molecule has 0 unspecified atom stereocenters. The molecule has 4 N–H and O–H groups in total. The molecular formula is C16H14FN7. The molecule has 2 aromatic rings. The van der Waals surface area contributed by atoms with E-state index in [2.05, 4.69) is 9.98 Å². The van der Waals surface area contributed by atoms with Crippen LogP contribution in [0.4, 0.5) is 15.8 Å². The van der Waals surface area contributed by atoms with Crippen LogP contribution in [0.15, 0.2) is 77.8 Å². The van der Waals surface area contributed by atoms with Gasteiger partial charge in [-0.15, -0.1) is 0 Å². The lowest BCUT2D eigenvalue weighted by Crippen LogP contribution is -2.44. The van der Waals surface area contributed by atoms with Crippen LogP contribution in [0, 0.1) is 5.82 Å². The summed E-state index contributed by atoms with van der Waals surface area (Å²) >= 11 is 0. The van der Waals surface area contributed by atoms with Crippen molar-refractivity contribution in [3.8, 4) is 0 Å². The molecule has 2 aliphatic rings. The Labute approximate surface area is 137 Å². The Morgan fingerprint density at radius 3 is 2.46 bits per heavy atom. The van der Waals surface area contributed by atoms with E-state index in [0.29, 0.717) is 17.6 Å². The maximum Gasteiger partial charge on any atom is 0.222 e. The number of aromatic nitrogens is 1. The van der Waals surface area contributed by atoms with Crippen LogP contribution in [0.3, 0.4) is 0 Å². The lowest BCUT2D eigenvalue weighted by molar-refractivity contribution is 0.489. The Bertz CT molecular complexity index is 858. The number of anilines is 2. The van der Waals surface area contributed by atoms with Crippen molar-refractivity contribution in [2.24, 2.45) is 16.5 Å². The first-order valence-electron chi connectivity index (χ1n) is 7.21. The highest BCUT2D eigenvalue weighted by molar-refractivity contribution is 5.97. The number of hydrazine groups is 1. The number of hydrogen-bond donors (Lipinski definition) is 2. The molecule has 120 valence electrons. The maximum atomic E-state index is 13.1. The van der Waals surface area contributed by atoms with Gasteiger partial charge in [-0.05, 0) is 36.4 Å². The summed E-state index contributed by atoms with van der Waals surface area (Å²) in [5.41, 5.74) is 13.7. The van der Waals surface area contributed by atoms with Gasteiger partial charge in [0, 0.05) is 11.9 Å². The molecule has 0 aliphatic carbocycles. The minimum Gasteiger partial charge on any atom is -0.384 e. The second-order valence-corrected chi connectivity index (χ2v) is 5.23. The van der Waals surface area contributed by atoms with Gasteiger partial charge in [0.05, 0.1) is 24.3 Å². The Kier molecular flexibility index (Phi) is 3.09. The molecule has 0 amide bonds. The van der Waals surface area contributed by atoms with E-state index in [4.69, 9.17) is 11.5 Å². The van der Waals surface area contributed by atoms with Gasteiger partial charge in [-0.3, -0.25) is 9.88 Å². The molecule has 0 fully saturated rings. The largest absolute Gasteiger partial charge is 0.384 e. The molecule has 0 radical (unpaired) electrons. The van der Waals surface area contributed by atoms with Crippen LogP contribution >= 0.6 is 0 Å². The van der Waals surface area contributed by atoms with Gasteiger partial charge in [0.2, 0.25) is 5.96 Å². The zero-order chi connectivity index (χ0) is 16.7. The van der Waals surface area contributed by atoms with Gasteiger partial charge in [0.15, 0.2) is 5.82 Å². The van der Waals surface area contributed by atoms with Crippen molar-refractivity contribution in [1.29, 1.82) is 0 Å². The normalized spacial score (nSPS) is 16.5. The van der Waals surface area contributed by atoms with E-state index in [1.54, 1.807) is 51.8 Å². The molecule has 0 saturated heterocycles. The zero-order valence-corrected chi connectivity index (χ0v) is 12.5. The lowest BCUT2D eigenvalue weighted by Gasteiger charge is -2.33. The SMILES string of the molecule is NC1=CN2C(=CN1c1ccc(F)cc1)N=C(N)N2c1cccnc1. The van der Waals surface area contributed by atoms with E-state index < -0.39 is 0 Å². The monoisotopic (exact) mass is 323 g/mol. The lowest BCUT2D eigenvalue weighted by atomic mass is 10.3. The first-order chi connectivity index (χ1) is 11.6. The zero-order valence-electron chi connectivity index (χ0n) is 12.5. The van der Waals surface area contributed by atoms with Crippen LogP contribution < -0.4 is 21.4 Å². The van der Waals surface area contributed by atoms with Crippen LogP contribution in [0.5, 0.6) is 0 Å². The molecule has 24 heavy (non-hydrogen) atoms. The van der Waals surface area contributed by atoms with Crippen LogP contribution in [-0.2, 0) is 0 Å². The topological polar surface area (TPSA) is 87.0 Å². The Morgan fingerprint density at radius 2 is 1.75 bits per heavy atom. The number of hydrogen-bond acceptors (Lipinski definition) is 7. The van der Waals surface area contributed by atoms with Crippen LogP contribution in [-0.4, -0.2) is 16.0 Å². The fraction of sp³-hybridized carbons (Fsp3) is 0. The van der Waals surface area contributed by atoms with Gasteiger partial charge < -0.3 is 11.5 Å². The van der Waals surface area contributed by atoms with Gasteiger partial charge in [-0.25, -0.2) is 14.4 Å². The smallest absolute Gasteiger partial charge is 0.222 e. The Balaban J connectivity index is 1.71. The number of fused-ring (bicyclic) bond motifs is 1. The molecule has 3 heterocycles. The Morgan fingerprint density at radius 1 is 0.958 bits per heavy atom. The minimum atomic E-state index is -0.307. The molecule has 1 aromatic heterocycles. The maximum absolute atomic E-state index is 13.1. The van der Waals surface area contributed by atoms with E-state index in [0.717, 1.165) is 11.4 Å². The number of pyridine rings is 1. The molecular weight excluding hydrogens is 309 g/mol. The second-order valence-electron chi connectivity index (χ2n) is 5.23. The summed E-state index contributed by atoms with van der Waals surface area (Å²) in [5, 5.41) is 3.44. The van der Waals surface area contributed by atoms with Crippen molar-refractivity contribution in [2.75, 3.05) is 9.91 Å². The molecule has 2 aliphatic heterocycles. The number of benzene rings is 1. The van der Waals surface area contributed by atoms with Crippen LogP contribution in [0.1, 0.15) is 0 Å². The number of halogens is 1. The van der Waals surface area contributed by atoms with E-state index in [1.807, 2.05) is 12.1 Å². The molecule has 7 nitrogen and oxygen atoms in total. The summed E-state index contributed by atoms with van der Waals surface area (Å²) in [4.78, 5) is 10.2. The number of nitrogens with two attached hydrogens (primary N) is 2. The van der Waals surface area contributed by atoms with Gasteiger partial charge in [0.25, 0.3) is 0 Å². The predicted molar refractivity (Wildman–Crippen MR) is 89.4 cm³/mol. The van der Waals surface area contributed by atoms with Crippen molar-refractivity contribution < 1.29 is 4.39 Å². The quantitative estimate of drug-likeness (QED) is 0.874. The molecule has 8 heteroatoms. The van der Waals surface area contributed by atoms with E-state index in [1.165, 1.54) is 12.1 Å². The van der Waals surface area contributed by atoms with Crippen molar-refractivity contribution in [2.45, 2.75) is 0 Å². The molecule has 1 aromatic carbocycles. The van der Waals surface area contributed by atoms with E-state index in [-0.39, 0.29) is 5.82 Å². The van der Waals surface area contributed by atoms with Crippen LogP contribution in [0.2, 0.25) is 0 Å². The summed E-state index contributed by atoms with van der Waals surface area (Å²) in [5.74, 6) is 1.04. The Hall–Kier alpha value is -3.55. The third-order valence-corrected chi connectivity index (χ3v) is 3.67. The fourth-order valence-electron chi connectivity index (χ4n) is 2.58. The van der Waals surface area contributed by atoms with Crippen molar-refractivity contribution in [1.82, 2.24) is 9.99 Å². The highest BCUT2D eigenvalue weighted by Crippen LogP contribution is 2.31. The van der Waals surface area contributed by atoms with Gasteiger partial charge in [-0.1, -0.05) is 0 Å². The standard InChI is InChI=1S/C16H14FN7/c17-11-3-5-12(6-4-11)22-10-15-21-16(19)24(23(15)9-14(22)18)13-2-1-7-20-8-13/h1-10H,18H2,(H2,19,21). The van der Waals surface area contributed by atoms with Crippen LogP contribution in [0.25, 0.3) is 0 Å².